The minimum Gasteiger partial charge on any atom is -0.259 e. The van der Waals surface area contributed by atoms with Gasteiger partial charge in [-0.05, 0) is 23.6 Å². The van der Waals surface area contributed by atoms with Crippen LogP contribution in [-0.4, -0.2) is 20.0 Å². The van der Waals surface area contributed by atoms with Crippen molar-refractivity contribution in [3.8, 4) is 10.6 Å². The lowest BCUT2D eigenvalue weighted by atomic mass is 10.3. The maximum absolute atomic E-state index is 4.26. The zero-order valence-corrected chi connectivity index (χ0v) is 9.84. The van der Waals surface area contributed by atoms with E-state index in [1.807, 2.05) is 41.9 Å². The molecule has 3 aromatic rings. The maximum Gasteiger partial charge on any atom is 0.122 e. The molecule has 0 fully saturated rings. The molecule has 5 heteroatoms. The maximum atomic E-state index is 4.26. The molecule has 3 rings (SSSR count). The third-order valence-electron chi connectivity index (χ3n) is 2.36. The number of rotatable bonds is 3. The van der Waals surface area contributed by atoms with Gasteiger partial charge in [-0.3, -0.25) is 4.98 Å². The first kappa shape index (κ1) is 10.2. The molecule has 84 valence electrons. The molecule has 3 heterocycles. The van der Waals surface area contributed by atoms with Crippen LogP contribution in [0.3, 0.4) is 0 Å². The zero-order chi connectivity index (χ0) is 11.5. The molecule has 17 heavy (non-hydrogen) atoms. The second-order valence-corrected chi connectivity index (χ2v) is 4.55. The van der Waals surface area contributed by atoms with Gasteiger partial charge >= 0.3 is 0 Å². The standard InChI is InChI=1S/C12H10N4S/c1-2-6-13-10(4-1)8-16-9-11(14-15-16)12-5-3-7-17-12/h1-7,9H,8H2. The summed E-state index contributed by atoms with van der Waals surface area (Å²) in [7, 11) is 0. The van der Waals surface area contributed by atoms with Crippen LogP contribution in [0.5, 0.6) is 0 Å². The zero-order valence-electron chi connectivity index (χ0n) is 9.02. The van der Waals surface area contributed by atoms with Gasteiger partial charge in [0.05, 0.1) is 23.3 Å². The fourth-order valence-corrected chi connectivity index (χ4v) is 2.25. The number of aromatic nitrogens is 4. The Balaban J connectivity index is 1.82. The van der Waals surface area contributed by atoms with Crippen molar-refractivity contribution in [1.82, 2.24) is 20.0 Å². The van der Waals surface area contributed by atoms with E-state index in [0.717, 1.165) is 16.3 Å². The Morgan fingerprint density at radius 1 is 1.18 bits per heavy atom. The highest BCUT2D eigenvalue weighted by atomic mass is 32.1. The SMILES string of the molecule is c1ccc(Cn2cc(-c3cccs3)nn2)nc1. The molecule has 0 spiro atoms. The first-order valence-corrected chi connectivity index (χ1v) is 6.14. The van der Waals surface area contributed by atoms with Crippen LogP contribution < -0.4 is 0 Å². The van der Waals surface area contributed by atoms with Crippen LogP contribution in [0.4, 0.5) is 0 Å². The minimum absolute atomic E-state index is 0.652. The van der Waals surface area contributed by atoms with Crippen molar-refractivity contribution in [3.63, 3.8) is 0 Å². The van der Waals surface area contributed by atoms with Gasteiger partial charge in [0.15, 0.2) is 0 Å². The van der Waals surface area contributed by atoms with Crippen molar-refractivity contribution >= 4 is 11.3 Å². The predicted octanol–water partition coefficient (Wildman–Crippen LogP) is 2.45. The number of nitrogens with zero attached hydrogens (tertiary/aromatic N) is 4. The fraction of sp³-hybridized carbons (Fsp3) is 0.0833. The Bertz CT molecular complexity index is 586. The average Bonchev–Trinajstić information content (AvgIpc) is 3.00. The molecule has 0 bridgehead atoms. The molecule has 0 N–H and O–H groups in total. The molecule has 0 amide bonds. The molecule has 0 atom stereocenters. The quantitative estimate of drug-likeness (QED) is 0.708. The van der Waals surface area contributed by atoms with E-state index in [9.17, 15) is 0 Å². The van der Waals surface area contributed by atoms with Crippen LogP contribution in [0.25, 0.3) is 10.6 Å². The third-order valence-corrected chi connectivity index (χ3v) is 3.25. The molecular formula is C12H10N4S. The number of thiophene rings is 1. The Hall–Kier alpha value is -2.01. The van der Waals surface area contributed by atoms with E-state index >= 15 is 0 Å². The Labute approximate surface area is 103 Å². The molecular weight excluding hydrogens is 232 g/mol. The van der Waals surface area contributed by atoms with Crippen LogP contribution in [-0.2, 0) is 6.54 Å². The Kier molecular flexibility index (Phi) is 2.67. The molecule has 0 saturated heterocycles. The Morgan fingerprint density at radius 3 is 2.94 bits per heavy atom. The summed E-state index contributed by atoms with van der Waals surface area (Å²) in [6, 6.07) is 9.91. The van der Waals surface area contributed by atoms with Gasteiger partial charge in [-0.25, -0.2) is 4.68 Å². The van der Waals surface area contributed by atoms with Crippen molar-refractivity contribution in [2.45, 2.75) is 6.54 Å². The summed E-state index contributed by atoms with van der Waals surface area (Å²) >= 11 is 1.66. The van der Waals surface area contributed by atoms with Gasteiger partial charge in [-0.15, -0.1) is 16.4 Å². The van der Waals surface area contributed by atoms with Crippen molar-refractivity contribution in [2.24, 2.45) is 0 Å². The molecule has 0 unspecified atom stereocenters. The van der Waals surface area contributed by atoms with Gasteiger partial charge in [0, 0.05) is 6.20 Å². The van der Waals surface area contributed by atoms with Gasteiger partial charge in [0.2, 0.25) is 0 Å². The largest absolute Gasteiger partial charge is 0.259 e. The van der Waals surface area contributed by atoms with E-state index in [1.165, 1.54) is 0 Å². The normalized spacial score (nSPS) is 10.6. The van der Waals surface area contributed by atoms with Gasteiger partial charge in [-0.2, -0.15) is 0 Å². The van der Waals surface area contributed by atoms with Crippen LogP contribution in [0.1, 0.15) is 5.69 Å². The third kappa shape index (κ3) is 2.24. The summed E-state index contributed by atoms with van der Waals surface area (Å²) < 4.78 is 1.80. The lowest BCUT2D eigenvalue weighted by Gasteiger charge is -1.98. The molecule has 3 aromatic heterocycles. The number of hydrogen-bond donors (Lipinski definition) is 0. The van der Waals surface area contributed by atoms with Crippen molar-refractivity contribution in [2.75, 3.05) is 0 Å². The van der Waals surface area contributed by atoms with E-state index in [1.54, 1.807) is 22.2 Å². The van der Waals surface area contributed by atoms with E-state index in [0.29, 0.717) is 6.54 Å². The highest BCUT2D eigenvalue weighted by Crippen LogP contribution is 2.21. The summed E-state index contributed by atoms with van der Waals surface area (Å²) in [6.07, 6.45) is 3.73. The van der Waals surface area contributed by atoms with Crippen molar-refractivity contribution in [1.29, 1.82) is 0 Å². The molecule has 0 aliphatic rings. The highest BCUT2D eigenvalue weighted by Gasteiger charge is 2.04. The van der Waals surface area contributed by atoms with Gasteiger partial charge in [0.1, 0.15) is 5.69 Å². The lowest BCUT2D eigenvalue weighted by molar-refractivity contribution is 0.639. The second-order valence-electron chi connectivity index (χ2n) is 3.60. The second kappa shape index (κ2) is 4.47. The summed E-state index contributed by atoms with van der Waals surface area (Å²) in [5.41, 5.74) is 1.89. The van der Waals surface area contributed by atoms with Crippen LogP contribution in [0, 0.1) is 0 Å². The van der Waals surface area contributed by atoms with E-state index in [4.69, 9.17) is 0 Å². The van der Waals surface area contributed by atoms with Crippen LogP contribution in [0.15, 0.2) is 48.1 Å². The van der Waals surface area contributed by atoms with Gasteiger partial charge < -0.3 is 0 Å². The summed E-state index contributed by atoms with van der Waals surface area (Å²) in [5.74, 6) is 0. The van der Waals surface area contributed by atoms with Crippen molar-refractivity contribution in [3.05, 3.63) is 53.8 Å². The highest BCUT2D eigenvalue weighted by molar-refractivity contribution is 7.13. The molecule has 0 aromatic carbocycles. The number of pyridine rings is 1. The molecule has 0 saturated carbocycles. The summed E-state index contributed by atoms with van der Waals surface area (Å²) in [5, 5.41) is 10.3. The van der Waals surface area contributed by atoms with Gasteiger partial charge in [0.25, 0.3) is 0 Å². The first-order valence-electron chi connectivity index (χ1n) is 5.26. The monoisotopic (exact) mass is 242 g/mol. The van der Waals surface area contributed by atoms with E-state index in [-0.39, 0.29) is 0 Å². The average molecular weight is 242 g/mol. The summed E-state index contributed by atoms with van der Waals surface area (Å²) in [6.45, 7) is 0.652. The fourth-order valence-electron chi connectivity index (χ4n) is 1.57. The van der Waals surface area contributed by atoms with Crippen molar-refractivity contribution < 1.29 is 0 Å². The predicted molar refractivity (Wildman–Crippen MR) is 66.7 cm³/mol. The van der Waals surface area contributed by atoms with E-state index < -0.39 is 0 Å². The minimum atomic E-state index is 0.652. The van der Waals surface area contributed by atoms with Crippen LogP contribution in [0.2, 0.25) is 0 Å². The van der Waals surface area contributed by atoms with E-state index in [2.05, 4.69) is 15.3 Å². The lowest BCUT2D eigenvalue weighted by Crippen LogP contribution is -2.01. The summed E-state index contributed by atoms with van der Waals surface area (Å²) in [4.78, 5) is 5.40. The first-order chi connectivity index (χ1) is 8.42. The smallest absolute Gasteiger partial charge is 0.122 e. The topological polar surface area (TPSA) is 43.6 Å². The van der Waals surface area contributed by atoms with Crippen LogP contribution >= 0.6 is 11.3 Å². The number of hydrogen-bond acceptors (Lipinski definition) is 4. The molecule has 0 radical (unpaired) electrons. The molecule has 0 aliphatic heterocycles. The molecule has 0 aliphatic carbocycles. The van der Waals surface area contributed by atoms with Gasteiger partial charge in [-0.1, -0.05) is 17.3 Å². The Morgan fingerprint density at radius 2 is 2.18 bits per heavy atom. The molecule has 4 nitrogen and oxygen atoms in total.